The van der Waals surface area contributed by atoms with E-state index in [1.807, 2.05) is 0 Å². The highest BCUT2D eigenvalue weighted by Crippen LogP contribution is 2.31. The molecular formula is C14H26N2O2. The highest BCUT2D eigenvalue weighted by atomic mass is 16.4. The lowest BCUT2D eigenvalue weighted by molar-refractivity contribution is -0.142. The minimum absolute atomic E-state index is 0.106. The van der Waals surface area contributed by atoms with E-state index in [9.17, 15) is 4.79 Å². The zero-order valence-electron chi connectivity index (χ0n) is 11.4. The molecule has 2 fully saturated rings. The lowest BCUT2D eigenvalue weighted by Crippen LogP contribution is -2.36. The highest BCUT2D eigenvalue weighted by Gasteiger charge is 2.32. The number of nitrogens with zero attached hydrogens (tertiary/aromatic N) is 1. The molecule has 0 aromatic heterocycles. The van der Waals surface area contributed by atoms with Crippen LogP contribution in [0.15, 0.2) is 0 Å². The fraction of sp³-hybridized carbons (Fsp3) is 0.929. The van der Waals surface area contributed by atoms with Crippen molar-refractivity contribution in [2.24, 2.45) is 11.8 Å². The molecule has 1 heterocycles. The lowest BCUT2D eigenvalue weighted by Gasteiger charge is -2.21. The molecule has 1 saturated heterocycles. The fourth-order valence-electron chi connectivity index (χ4n) is 3.37. The van der Waals surface area contributed by atoms with E-state index in [1.54, 1.807) is 0 Å². The largest absolute Gasteiger partial charge is 0.481 e. The van der Waals surface area contributed by atoms with Gasteiger partial charge in [-0.1, -0.05) is 6.42 Å². The van der Waals surface area contributed by atoms with Crippen molar-refractivity contribution >= 4 is 5.97 Å². The second-order valence-electron chi connectivity index (χ2n) is 5.98. The maximum atomic E-state index is 11.1. The minimum Gasteiger partial charge on any atom is -0.481 e. The van der Waals surface area contributed by atoms with Gasteiger partial charge in [0.2, 0.25) is 0 Å². The smallest absolute Gasteiger partial charge is 0.306 e. The van der Waals surface area contributed by atoms with Gasteiger partial charge in [0, 0.05) is 6.04 Å². The van der Waals surface area contributed by atoms with Crippen molar-refractivity contribution in [3.05, 3.63) is 0 Å². The summed E-state index contributed by atoms with van der Waals surface area (Å²) in [6.07, 6.45) is 6.71. The zero-order valence-corrected chi connectivity index (χ0v) is 11.4. The van der Waals surface area contributed by atoms with E-state index in [4.69, 9.17) is 5.11 Å². The van der Waals surface area contributed by atoms with Gasteiger partial charge in [-0.25, -0.2) is 0 Å². The summed E-state index contributed by atoms with van der Waals surface area (Å²) in [6, 6.07) is 0.588. The predicted molar refractivity (Wildman–Crippen MR) is 71.6 cm³/mol. The molecule has 0 amide bonds. The van der Waals surface area contributed by atoms with Crippen LogP contribution in [-0.2, 0) is 4.79 Å². The summed E-state index contributed by atoms with van der Waals surface area (Å²) in [5, 5.41) is 12.8. The van der Waals surface area contributed by atoms with E-state index < -0.39 is 5.97 Å². The van der Waals surface area contributed by atoms with Gasteiger partial charge in [0.1, 0.15) is 0 Å². The number of aliphatic carboxylic acids is 1. The van der Waals surface area contributed by atoms with Gasteiger partial charge in [0.25, 0.3) is 0 Å². The molecule has 1 saturated carbocycles. The van der Waals surface area contributed by atoms with Crippen molar-refractivity contribution in [1.29, 1.82) is 0 Å². The average Bonchev–Trinajstić information content (AvgIpc) is 2.71. The number of nitrogens with one attached hydrogen (secondary N) is 1. The van der Waals surface area contributed by atoms with Gasteiger partial charge >= 0.3 is 5.97 Å². The Kier molecular flexibility index (Phi) is 5.01. The molecular weight excluding hydrogens is 228 g/mol. The molecule has 1 aliphatic heterocycles. The van der Waals surface area contributed by atoms with Crippen LogP contribution in [0.3, 0.4) is 0 Å². The Morgan fingerprint density at radius 3 is 2.83 bits per heavy atom. The molecule has 18 heavy (non-hydrogen) atoms. The summed E-state index contributed by atoms with van der Waals surface area (Å²) >= 11 is 0. The molecule has 2 N–H and O–H groups in total. The van der Waals surface area contributed by atoms with Crippen molar-refractivity contribution in [2.45, 2.75) is 44.6 Å². The summed E-state index contributed by atoms with van der Waals surface area (Å²) < 4.78 is 0. The third-order valence-corrected chi connectivity index (χ3v) is 4.60. The summed E-state index contributed by atoms with van der Waals surface area (Å²) in [5.74, 6) is -0.352. The fourth-order valence-corrected chi connectivity index (χ4v) is 3.37. The van der Waals surface area contributed by atoms with Crippen LogP contribution in [-0.4, -0.2) is 48.7 Å². The third-order valence-electron chi connectivity index (χ3n) is 4.60. The predicted octanol–water partition coefficient (Wildman–Crippen LogP) is 1.56. The molecule has 3 atom stereocenters. The number of likely N-dealkylation sites (tertiary alicyclic amines) is 1. The number of carboxylic acids is 1. The van der Waals surface area contributed by atoms with Crippen molar-refractivity contribution in [3.63, 3.8) is 0 Å². The molecule has 2 rings (SSSR count). The molecule has 0 spiro atoms. The van der Waals surface area contributed by atoms with Crippen LogP contribution in [0.4, 0.5) is 0 Å². The lowest BCUT2D eigenvalue weighted by atomic mass is 9.95. The van der Waals surface area contributed by atoms with Gasteiger partial charge in [-0.2, -0.15) is 0 Å². The normalized spacial score (nSPS) is 34.4. The van der Waals surface area contributed by atoms with Crippen LogP contribution in [0.2, 0.25) is 0 Å². The first-order chi connectivity index (χ1) is 8.66. The van der Waals surface area contributed by atoms with E-state index in [2.05, 4.69) is 17.3 Å². The van der Waals surface area contributed by atoms with Crippen molar-refractivity contribution in [1.82, 2.24) is 10.2 Å². The van der Waals surface area contributed by atoms with E-state index >= 15 is 0 Å². The molecule has 104 valence electrons. The summed E-state index contributed by atoms with van der Waals surface area (Å²) in [4.78, 5) is 13.5. The van der Waals surface area contributed by atoms with Crippen LogP contribution >= 0.6 is 0 Å². The SMILES string of the molecule is CN1CCCC(NCC2CCCC2C(=O)O)CC1. The molecule has 0 aromatic carbocycles. The van der Waals surface area contributed by atoms with Crippen molar-refractivity contribution in [2.75, 3.05) is 26.7 Å². The summed E-state index contributed by atoms with van der Waals surface area (Å²) in [5.41, 5.74) is 0. The first kappa shape index (κ1) is 13.8. The molecule has 4 heteroatoms. The summed E-state index contributed by atoms with van der Waals surface area (Å²) in [7, 11) is 2.18. The molecule has 4 nitrogen and oxygen atoms in total. The van der Waals surface area contributed by atoms with E-state index in [-0.39, 0.29) is 5.92 Å². The maximum absolute atomic E-state index is 11.1. The van der Waals surface area contributed by atoms with Crippen LogP contribution in [0.5, 0.6) is 0 Å². The Morgan fingerprint density at radius 2 is 2.06 bits per heavy atom. The first-order valence-corrected chi connectivity index (χ1v) is 7.31. The topological polar surface area (TPSA) is 52.6 Å². The van der Waals surface area contributed by atoms with Gasteiger partial charge in [0.15, 0.2) is 0 Å². The quantitative estimate of drug-likeness (QED) is 0.799. The van der Waals surface area contributed by atoms with Gasteiger partial charge in [-0.05, 0) is 64.7 Å². The average molecular weight is 254 g/mol. The maximum Gasteiger partial charge on any atom is 0.306 e. The van der Waals surface area contributed by atoms with Crippen LogP contribution in [0.1, 0.15) is 38.5 Å². The van der Waals surface area contributed by atoms with Crippen LogP contribution < -0.4 is 5.32 Å². The monoisotopic (exact) mass is 254 g/mol. The Balaban J connectivity index is 1.75. The Labute approximate surface area is 110 Å². The molecule has 0 bridgehead atoms. The number of carbonyl (C=O) groups is 1. The van der Waals surface area contributed by atoms with E-state index in [0.717, 1.165) is 32.4 Å². The zero-order chi connectivity index (χ0) is 13.0. The van der Waals surface area contributed by atoms with Gasteiger partial charge < -0.3 is 15.3 Å². The molecule has 0 radical (unpaired) electrons. The number of hydrogen-bond acceptors (Lipinski definition) is 3. The molecule has 3 unspecified atom stereocenters. The van der Waals surface area contributed by atoms with Crippen LogP contribution in [0, 0.1) is 11.8 Å². The molecule has 2 aliphatic rings. The Morgan fingerprint density at radius 1 is 1.22 bits per heavy atom. The van der Waals surface area contributed by atoms with Gasteiger partial charge in [0.05, 0.1) is 5.92 Å². The van der Waals surface area contributed by atoms with E-state index in [1.165, 1.54) is 25.8 Å². The minimum atomic E-state index is -0.597. The summed E-state index contributed by atoms with van der Waals surface area (Å²) in [6.45, 7) is 3.25. The number of rotatable bonds is 4. The third kappa shape index (κ3) is 3.69. The Bertz CT molecular complexity index is 283. The standard InChI is InChI=1S/C14H26N2O2/c1-16-8-3-5-12(7-9-16)15-10-11-4-2-6-13(11)14(17)18/h11-13,15H,2-10H2,1H3,(H,17,18). The molecule has 1 aliphatic carbocycles. The van der Waals surface area contributed by atoms with Crippen molar-refractivity contribution in [3.8, 4) is 0 Å². The van der Waals surface area contributed by atoms with Gasteiger partial charge in [-0.15, -0.1) is 0 Å². The number of hydrogen-bond donors (Lipinski definition) is 2. The van der Waals surface area contributed by atoms with E-state index in [0.29, 0.717) is 12.0 Å². The second kappa shape index (κ2) is 6.53. The highest BCUT2D eigenvalue weighted by molar-refractivity contribution is 5.70. The molecule has 0 aromatic rings. The first-order valence-electron chi connectivity index (χ1n) is 7.31. The Hall–Kier alpha value is -0.610. The number of carboxylic acid groups (broad SMARTS) is 1. The van der Waals surface area contributed by atoms with Crippen molar-refractivity contribution < 1.29 is 9.90 Å². The second-order valence-corrected chi connectivity index (χ2v) is 5.98. The van der Waals surface area contributed by atoms with Crippen LogP contribution in [0.25, 0.3) is 0 Å². The van der Waals surface area contributed by atoms with Gasteiger partial charge in [-0.3, -0.25) is 4.79 Å².